The van der Waals surface area contributed by atoms with E-state index in [1.54, 1.807) is 17.0 Å². The van der Waals surface area contributed by atoms with E-state index in [1.165, 1.54) is 30.0 Å². The van der Waals surface area contributed by atoms with Gasteiger partial charge in [-0.25, -0.2) is 4.39 Å². The number of aromatic nitrogens is 1. The van der Waals surface area contributed by atoms with Crippen LogP contribution in [-0.2, 0) is 32.0 Å². The highest BCUT2D eigenvalue weighted by atomic mass is 18.2. The number of hydrogen-bond acceptors (Lipinski definition) is 6. The highest BCUT2D eigenvalue weighted by molar-refractivity contribution is 6.00. The molecule has 4 aliphatic heterocycles. The number of aromatic amines is 1. The molecule has 1 aromatic heterocycles. The third-order valence-electron chi connectivity index (χ3n) is 10.2. The summed E-state index contributed by atoms with van der Waals surface area (Å²) in [6.07, 6.45) is 6.05. The molecule has 11 heteroatoms. The Bertz CT molecular complexity index is 1750. The molecule has 0 radical (unpaired) electrons. The highest BCUT2D eigenvalue weighted by Crippen LogP contribution is 2.46. The first kappa shape index (κ1) is 27.5. The smallest absolute Gasteiger partial charge is 0.280 e. The van der Waals surface area contributed by atoms with Gasteiger partial charge in [-0.3, -0.25) is 28.9 Å². The number of nitrogens with zero attached hydrogens (tertiary/aromatic N) is 3. The summed E-state index contributed by atoms with van der Waals surface area (Å²) < 4.78 is 19.8. The van der Waals surface area contributed by atoms with E-state index >= 15 is 0 Å². The summed E-state index contributed by atoms with van der Waals surface area (Å²) in [6, 6.07) is 10.1. The Morgan fingerprint density at radius 2 is 2.00 bits per heavy atom. The van der Waals surface area contributed by atoms with Crippen LogP contribution in [0.2, 0.25) is 0 Å². The van der Waals surface area contributed by atoms with Crippen molar-refractivity contribution in [2.75, 3.05) is 20.1 Å². The Kier molecular flexibility index (Phi) is 5.91. The molecule has 2 aromatic carbocycles. The zero-order valence-corrected chi connectivity index (χ0v) is 24.5. The lowest BCUT2D eigenvalue weighted by molar-refractivity contribution is -0.315. The highest BCUT2D eigenvalue weighted by Gasteiger charge is 2.70. The largest absolute Gasteiger partial charge is 0.361 e. The Morgan fingerprint density at radius 3 is 2.80 bits per heavy atom. The van der Waals surface area contributed by atoms with Crippen molar-refractivity contribution in [2.45, 2.75) is 62.4 Å². The number of carbonyl (C=O) groups is 3. The molecule has 228 valence electrons. The summed E-state index contributed by atoms with van der Waals surface area (Å²) in [7, 11) is 2.00. The van der Waals surface area contributed by atoms with Crippen molar-refractivity contribution in [3.8, 4) is 0 Å². The molecule has 8 rings (SSSR count). The van der Waals surface area contributed by atoms with Crippen molar-refractivity contribution in [3.63, 3.8) is 0 Å². The van der Waals surface area contributed by atoms with Crippen LogP contribution in [0.5, 0.6) is 0 Å². The van der Waals surface area contributed by atoms with Gasteiger partial charge in [0.15, 0.2) is 0 Å². The maximum absolute atomic E-state index is 14.2. The minimum Gasteiger partial charge on any atom is -0.361 e. The molecule has 0 bridgehead atoms. The number of H-pyrrole nitrogens is 1. The zero-order chi connectivity index (χ0) is 30.5. The molecule has 3 N–H and O–H groups in total. The summed E-state index contributed by atoms with van der Waals surface area (Å²) in [4.78, 5) is 50.0. The first-order valence-electron chi connectivity index (χ1n) is 15.2. The average Bonchev–Trinajstić information content (AvgIpc) is 3.70. The minimum atomic E-state index is -2.12. The van der Waals surface area contributed by atoms with Crippen LogP contribution in [0, 0.1) is 11.7 Å². The van der Waals surface area contributed by atoms with Gasteiger partial charge in [0.2, 0.25) is 17.5 Å². The molecule has 1 aliphatic carbocycles. The summed E-state index contributed by atoms with van der Waals surface area (Å²) in [6.45, 7) is 2.31. The number of benzene rings is 2. The first-order chi connectivity index (χ1) is 21.1. The average molecular weight is 599 g/mol. The van der Waals surface area contributed by atoms with Crippen molar-refractivity contribution in [1.29, 1.82) is 0 Å². The van der Waals surface area contributed by atoms with Crippen LogP contribution in [0.15, 0.2) is 54.7 Å². The molecule has 3 saturated heterocycles. The van der Waals surface area contributed by atoms with E-state index in [-0.39, 0.29) is 18.4 Å². The van der Waals surface area contributed by atoms with E-state index in [2.05, 4.69) is 27.5 Å². The predicted molar refractivity (Wildman–Crippen MR) is 158 cm³/mol. The maximum atomic E-state index is 14.2. The van der Waals surface area contributed by atoms with E-state index in [4.69, 9.17) is 4.74 Å². The lowest BCUT2D eigenvalue weighted by Gasteiger charge is -2.48. The van der Waals surface area contributed by atoms with Crippen molar-refractivity contribution in [3.05, 3.63) is 77.2 Å². The number of hydrogen-bond donors (Lipinski definition) is 3. The third kappa shape index (κ3) is 3.85. The molecule has 3 fully saturated rings. The Hall–Kier alpha value is -4.06. The lowest BCUT2D eigenvalue weighted by atomic mass is 9.79. The molecule has 3 amide bonds. The van der Waals surface area contributed by atoms with Gasteiger partial charge >= 0.3 is 0 Å². The second-order valence-electron chi connectivity index (χ2n) is 12.9. The number of rotatable bonds is 4. The second kappa shape index (κ2) is 9.47. The van der Waals surface area contributed by atoms with Crippen molar-refractivity contribution >= 4 is 34.2 Å². The first-order valence-corrected chi connectivity index (χ1v) is 15.2. The fourth-order valence-corrected chi connectivity index (χ4v) is 8.13. The Labute approximate surface area is 253 Å². The van der Waals surface area contributed by atoms with Gasteiger partial charge in [0.25, 0.3) is 11.8 Å². The number of ether oxygens (including phenoxy) is 1. The van der Waals surface area contributed by atoms with E-state index < -0.39 is 47.3 Å². The Balaban J connectivity index is 1.11. The maximum Gasteiger partial charge on any atom is 0.280 e. The minimum absolute atomic E-state index is 0.0668. The Morgan fingerprint density at radius 1 is 1.20 bits per heavy atom. The number of fused-ring (bicyclic) bond motifs is 5. The van der Waals surface area contributed by atoms with E-state index in [9.17, 15) is 23.9 Å². The molecule has 3 aromatic rings. The van der Waals surface area contributed by atoms with Crippen LogP contribution in [0.4, 0.5) is 4.39 Å². The molecule has 5 aliphatic rings. The van der Waals surface area contributed by atoms with Crippen molar-refractivity contribution in [2.24, 2.45) is 5.92 Å². The SMILES string of the molecule is CN1C[C@H](C(=O)N[C@]2(C)O[C@@]3(O)[C@@H]4CCCN4C(=O)[C@H](Cc4ccc([18F])cc4)N3C2=O)C=C2c3cccc4[nH]cc(c34)C[C@H]21. The van der Waals surface area contributed by atoms with E-state index in [0.717, 1.165) is 28.0 Å². The molecule has 5 heterocycles. The summed E-state index contributed by atoms with van der Waals surface area (Å²) in [5, 5.41) is 16.0. The fraction of sp³-hybridized carbons (Fsp3) is 0.424. The number of nitrogens with one attached hydrogen (secondary N) is 2. The van der Waals surface area contributed by atoms with Gasteiger partial charge in [0.05, 0.1) is 5.92 Å². The number of carbonyl (C=O) groups excluding carboxylic acids is 3. The van der Waals surface area contributed by atoms with Gasteiger partial charge in [-0.05, 0) is 73.7 Å². The summed E-state index contributed by atoms with van der Waals surface area (Å²) in [5.74, 6) is -4.50. The van der Waals surface area contributed by atoms with Gasteiger partial charge in [0.1, 0.15) is 17.9 Å². The van der Waals surface area contributed by atoms with Gasteiger partial charge in [-0.1, -0.05) is 30.3 Å². The monoisotopic (exact) mass is 598 g/mol. The molecule has 0 unspecified atom stereocenters. The molecule has 44 heavy (non-hydrogen) atoms. The molecule has 6 atom stereocenters. The van der Waals surface area contributed by atoms with E-state index in [0.29, 0.717) is 31.5 Å². The van der Waals surface area contributed by atoms with E-state index in [1.807, 2.05) is 25.3 Å². The van der Waals surface area contributed by atoms with Crippen LogP contribution in [-0.4, -0.2) is 92.4 Å². The number of halogens is 1. The second-order valence-corrected chi connectivity index (χ2v) is 12.9. The number of aliphatic hydroxyl groups is 1. The van der Waals surface area contributed by atoms with Crippen molar-refractivity contribution < 1.29 is 28.6 Å². The summed E-state index contributed by atoms with van der Waals surface area (Å²) in [5.41, 5.74) is 3.20. The number of piperazine rings is 1. The van der Waals surface area contributed by atoms with Crippen LogP contribution < -0.4 is 5.32 Å². The number of amides is 3. The molecular weight excluding hydrogens is 564 g/mol. The van der Waals surface area contributed by atoms with Crippen LogP contribution in [0.25, 0.3) is 16.5 Å². The van der Waals surface area contributed by atoms with Gasteiger partial charge in [-0.2, -0.15) is 0 Å². The van der Waals surface area contributed by atoms with Gasteiger partial charge in [0, 0.05) is 42.7 Å². The molecular formula is C33H34FN5O5. The molecule has 0 saturated carbocycles. The van der Waals surface area contributed by atoms with Crippen molar-refractivity contribution in [1.82, 2.24) is 25.0 Å². The third-order valence-corrected chi connectivity index (χ3v) is 10.2. The molecule has 10 nitrogen and oxygen atoms in total. The van der Waals surface area contributed by atoms with Gasteiger partial charge < -0.3 is 20.3 Å². The van der Waals surface area contributed by atoms with Gasteiger partial charge in [-0.15, -0.1) is 0 Å². The molecule has 0 spiro atoms. The predicted octanol–water partition coefficient (Wildman–Crippen LogP) is 2.13. The number of likely N-dealkylation sites (N-methyl/N-ethyl adjacent to an activating group) is 1. The van der Waals surface area contributed by atoms with Crippen LogP contribution in [0.1, 0.15) is 36.5 Å². The fourth-order valence-electron chi connectivity index (χ4n) is 8.13. The standard InChI is InChI=1S/C33H34FN5O5/c1-32(36-29(40)20-14-23-22-5-3-6-24-28(22)19(16-35-24)15-25(23)37(2)17-20)31(42)39-26(13-18-8-10-21(34)11-9-18)30(41)38-12-4-7-27(38)33(39,43)44-32/h3,5-6,8-11,14,16,20,25-27,35,43H,4,7,12-13,15,17H2,1-2H3,(H,36,40)/t20-,25-,26+,27+,32-,33+/m1/s1/i34-1. The zero-order valence-electron chi connectivity index (χ0n) is 24.5. The van der Waals surface area contributed by atoms with Crippen LogP contribution >= 0.6 is 0 Å². The topological polar surface area (TPSA) is 118 Å². The quantitative estimate of drug-likeness (QED) is 0.424. The van der Waals surface area contributed by atoms with Crippen LogP contribution in [0.3, 0.4) is 0 Å². The summed E-state index contributed by atoms with van der Waals surface area (Å²) >= 11 is 0. The lowest BCUT2D eigenvalue weighted by Crippen LogP contribution is -2.71. The normalized spacial score (nSPS) is 32.9.